The molecule has 0 unspecified atom stereocenters. The lowest BCUT2D eigenvalue weighted by atomic mass is 10.4. The summed E-state index contributed by atoms with van der Waals surface area (Å²) >= 11 is 1.75. The standard InChI is InChI=1S/C5H10S.C2H6.C2H4/c1-5(2)4-6-3;2*1-2/h4H,1-3H3;1-2H3;1-2H2. The summed E-state index contributed by atoms with van der Waals surface area (Å²) in [7, 11) is 0. The van der Waals surface area contributed by atoms with E-state index in [1.807, 2.05) is 13.8 Å². The Labute approximate surface area is 70.4 Å². The van der Waals surface area contributed by atoms with Crippen molar-refractivity contribution < 1.29 is 0 Å². The average molecular weight is 160 g/mol. The molecule has 0 heterocycles. The molecular formula is C9H20S. The van der Waals surface area contributed by atoms with Crippen LogP contribution in [0.25, 0.3) is 0 Å². The minimum absolute atomic E-state index is 1.38. The van der Waals surface area contributed by atoms with Gasteiger partial charge < -0.3 is 0 Å². The van der Waals surface area contributed by atoms with Gasteiger partial charge in [0.15, 0.2) is 0 Å². The molecule has 0 aliphatic heterocycles. The second kappa shape index (κ2) is 23.2. The van der Waals surface area contributed by atoms with Gasteiger partial charge in [-0.15, -0.1) is 24.9 Å². The molecule has 0 aromatic carbocycles. The highest BCUT2D eigenvalue weighted by atomic mass is 32.2. The van der Waals surface area contributed by atoms with Crippen LogP contribution in [-0.2, 0) is 0 Å². The Bertz CT molecular complexity index is 61.1. The Kier molecular flexibility index (Phi) is 38.1. The maximum absolute atomic E-state index is 3.00. The first-order valence-corrected chi connectivity index (χ1v) is 4.72. The van der Waals surface area contributed by atoms with E-state index in [2.05, 4.69) is 38.7 Å². The van der Waals surface area contributed by atoms with E-state index < -0.39 is 0 Å². The third-order valence-corrected chi connectivity index (χ3v) is 1.06. The van der Waals surface area contributed by atoms with E-state index >= 15 is 0 Å². The van der Waals surface area contributed by atoms with E-state index in [9.17, 15) is 0 Å². The van der Waals surface area contributed by atoms with Crippen LogP contribution in [0.4, 0.5) is 0 Å². The zero-order chi connectivity index (χ0) is 8.99. The van der Waals surface area contributed by atoms with Crippen molar-refractivity contribution in [2.24, 2.45) is 0 Å². The smallest absolute Gasteiger partial charge is 0.0142 e. The molecule has 0 spiro atoms. The summed E-state index contributed by atoms with van der Waals surface area (Å²) in [5.41, 5.74) is 1.38. The number of rotatable bonds is 1. The fourth-order valence-corrected chi connectivity index (χ4v) is 0.707. The minimum atomic E-state index is 1.38. The third-order valence-electron chi connectivity index (χ3n) is 0.354. The Hall–Kier alpha value is -0.170. The molecule has 0 N–H and O–H groups in total. The van der Waals surface area contributed by atoms with E-state index in [0.717, 1.165) is 0 Å². The van der Waals surface area contributed by atoms with Crippen molar-refractivity contribution in [3.63, 3.8) is 0 Å². The van der Waals surface area contributed by atoms with Crippen molar-refractivity contribution >= 4 is 11.8 Å². The van der Waals surface area contributed by atoms with Crippen LogP contribution in [0.15, 0.2) is 24.1 Å². The van der Waals surface area contributed by atoms with Crippen LogP contribution >= 0.6 is 11.8 Å². The number of hydrogen-bond acceptors (Lipinski definition) is 1. The first-order valence-electron chi connectivity index (χ1n) is 3.43. The number of hydrogen-bond donors (Lipinski definition) is 0. The minimum Gasteiger partial charge on any atom is -0.138 e. The van der Waals surface area contributed by atoms with Crippen molar-refractivity contribution in [2.75, 3.05) is 6.26 Å². The summed E-state index contributed by atoms with van der Waals surface area (Å²) in [6, 6.07) is 0. The molecule has 0 fully saturated rings. The normalized spacial score (nSPS) is 5.70. The summed E-state index contributed by atoms with van der Waals surface area (Å²) < 4.78 is 0. The summed E-state index contributed by atoms with van der Waals surface area (Å²) in [4.78, 5) is 0. The van der Waals surface area contributed by atoms with Gasteiger partial charge in [-0.2, -0.15) is 0 Å². The lowest BCUT2D eigenvalue weighted by Crippen LogP contribution is -1.54. The molecule has 62 valence electrons. The number of allylic oxidation sites excluding steroid dienone is 1. The molecule has 0 bridgehead atoms. The second-order valence-electron chi connectivity index (χ2n) is 1.43. The van der Waals surface area contributed by atoms with Gasteiger partial charge in [-0.05, 0) is 25.5 Å². The molecule has 0 radical (unpaired) electrons. The highest BCUT2D eigenvalue weighted by molar-refractivity contribution is 8.01. The van der Waals surface area contributed by atoms with Gasteiger partial charge in [0.2, 0.25) is 0 Å². The lowest BCUT2D eigenvalue weighted by molar-refractivity contribution is 1.42. The van der Waals surface area contributed by atoms with Gasteiger partial charge in [0.05, 0.1) is 0 Å². The van der Waals surface area contributed by atoms with Gasteiger partial charge in [0, 0.05) is 0 Å². The summed E-state index contributed by atoms with van der Waals surface area (Å²) in [5, 5.41) is 2.12. The molecule has 0 aromatic rings. The zero-order valence-corrected chi connectivity index (χ0v) is 8.72. The van der Waals surface area contributed by atoms with Crippen LogP contribution in [0.5, 0.6) is 0 Å². The highest BCUT2D eigenvalue weighted by Crippen LogP contribution is 1.98. The van der Waals surface area contributed by atoms with Crippen LogP contribution in [-0.4, -0.2) is 6.26 Å². The van der Waals surface area contributed by atoms with Crippen molar-refractivity contribution in [2.45, 2.75) is 27.7 Å². The van der Waals surface area contributed by atoms with Crippen molar-refractivity contribution in [3.05, 3.63) is 24.1 Å². The van der Waals surface area contributed by atoms with Gasteiger partial charge >= 0.3 is 0 Å². The van der Waals surface area contributed by atoms with Crippen LogP contribution in [0.3, 0.4) is 0 Å². The maximum atomic E-state index is 3.00. The molecule has 1 heteroatoms. The Morgan fingerprint density at radius 3 is 1.50 bits per heavy atom. The van der Waals surface area contributed by atoms with Gasteiger partial charge in [-0.3, -0.25) is 0 Å². The van der Waals surface area contributed by atoms with E-state index in [-0.39, 0.29) is 0 Å². The second-order valence-corrected chi connectivity index (χ2v) is 2.14. The van der Waals surface area contributed by atoms with Gasteiger partial charge in [-0.25, -0.2) is 0 Å². The Morgan fingerprint density at radius 1 is 1.20 bits per heavy atom. The van der Waals surface area contributed by atoms with Crippen LogP contribution in [0, 0.1) is 0 Å². The maximum Gasteiger partial charge on any atom is -0.0142 e. The van der Waals surface area contributed by atoms with Crippen molar-refractivity contribution in [1.82, 2.24) is 0 Å². The van der Waals surface area contributed by atoms with Crippen LogP contribution < -0.4 is 0 Å². The molecule has 0 aromatic heterocycles. The predicted octanol–water partition coefficient (Wildman–Crippen LogP) is 4.10. The summed E-state index contributed by atoms with van der Waals surface area (Å²) in [6.45, 7) is 14.2. The molecule has 0 aliphatic carbocycles. The third kappa shape index (κ3) is 45.6. The quantitative estimate of drug-likeness (QED) is 0.520. The molecule has 0 atom stereocenters. The molecule has 0 saturated heterocycles. The molecule has 0 amide bonds. The van der Waals surface area contributed by atoms with Crippen LogP contribution in [0.2, 0.25) is 0 Å². The monoisotopic (exact) mass is 160 g/mol. The molecule has 0 aliphatic rings. The summed E-state index contributed by atoms with van der Waals surface area (Å²) in [5.74, 6) is 0. The van der Waals surface area contributed by atoms with E-state index in [1.165, 1.54) is 5.57 Å². The molecular weight excluding hydrogens is 140 g/mol. The largest absolute Gasteiger partial charge is 0.138 e. The summed E-state index contributed by atoms with van der Waals surface area (Å²) in [6.07, 6.45) is 2.06. The Morgan fingerprint density at radius 2 is 1.50 bits per heavy atom. The highest BCUT2D eigenvalue weighted by Gasteiger charge is 1.67. The van der Waals surface area contributed by atoms with E-state index in [4.69, 9.17) is 0 Å². The first kappa shape index (κ1) is 16.4. The van der Waals surface area contributed by atoms with Gasteiger partial charge in [0.25, 0.3) is 0 Å². The van der Waals surface area contributed by atoms with Crippen molar-refractivity contribution in [1.29, 1.82) is 0 Å². The SMILES string of the molecule is C=C.CC.CSC=C(C)C. The topological polar surface area (TPSA) is 0 Å². The molecule has 0 nitrogen and oxygen atoms in total. The Balaban J connectivity index is -0.000000105. The molecule has 0 saturated carbocycles. The van der Waals surface area contributed by atoms with E-state index in [1.54, 1.807) is 11.8 Å². The van der Waals surface area contributed by atoms with Gasteiger partial charge in [0.1, 0.15) is 0 Å². The molecule has 0 rings (SSSR count). The van der Waals surface area contributed by atoms with Crippen molar-refractivity contribution in [3.8, 4) is 0 Å². The predicted molar refractivity (Wildman–Crippen MR) is 55.5 cm³/mol. The first-order chi connectivity index (χ1) is 4.77. The van der Waals surface area contributed by atoms with E-state index in [0.29, 0.717) is 0 Å². The fraction of sp³-hybridized carbons (Fsp3) is 0.556. The zero-order valence-electron chi connectivity index (χ0n) is 7.90. The molecule has 10 heavy (non-hydrogen) atoms. The number of thioether (sulfide) groups is 1. The average Bonchev–Trinajstić information content (AvgIpc) is 1.96. The fourth-order valence-electron chi connectivity index (χ4n) is 0.236. The lowest BCUT2D eigenvalue weighted by Gasteiger charge is -1.80. The van der Waals surface area contributed by atoms with Gasteiger partial charge in [-0.1, -0.05) is 19.4 Å². The van der Waals surface area contributed by atoms with Crippen LogP contribution in [0.1, 0.15) is 27.7 Å².